The van der Waals surface area contributed by atoms with Crippen LogP contribution in [0.15, 0.2) is 11.4 Å². The van der Waals surface area contributed by atoms with Gasteiger partial charge in [-0.2, -0.15) is 0 Å². The van der Waals surface area contributed by atoms with E-state index in [1.807, 2.05) is 25.3 Å². The molecule has 0 saturated carbocycles. The number of thiophene rings is 1. The van der Waals surface area contributed by atoms with Gasteiger partial charge in [-0.1, -0.05) is 18.5 Å². The SMILES string of the molecule is CCC1(C)C(=O)NC1c1cc(Cl)cs1. The molecule has 76 valence electrons. The normalized spacial score (nSPS) is 31.1. The van der Waals surface area contributed by atoms with E-state index in [-0.39, 0.29) is 17.4 Å². The van der Waals surface area contributed by atoms with E-state index in [9.17, 15) is 4.79 Å². The maximum Gasteiger partial charge on any atom is 0.228 e. The Balaban J connectivity index is 2.26. The zero-order chi connectivity index (χ0) is 10.3. The van der Waals surface area contributed by atoms with Crippen LogP contribution in [0.1, 0.15) is 31.2 Å². The summed E-state index contributed by atoms with van der Waals surface area (Å²) in [6, 6.07) is 2.09. The van der Waals surface area contributed by atoms with Crippen LogP contribution < -0.4 is 5.32 Å². The van der Waals surface area contributed by atoms with Crippen molar-refractivity contribution in [2.45, 2.75) is 26.3 Å². The molecule has 2 rings (SSSR count). The van der Waals surface area contributed by atoms with Gasteiger partial charge in [0.1, 0.15) is 0 Å². The number of carbonyl (C=O) groups is 1. The summed E-state index contributed by atoms with van der Waals surface area (Å²) in [7, 11) is 0. The van der Waals surface area contributed by atoms with E-state index < -0.39 is 0 Å². The minimum atomic E-state index is -0.242. The summed E-state index contributed by atoms with van der Waals surface area (Å²) in [6.07, 6.45) is 0.860. The number of carbonyl (C=O) groups excluding carboxylic acids is 1. The molecule has 1 aliphatic heterocycles. The number of rotatable bonds is 2. The largest absolute Gasteiger partial charge is 0.347 e. The zero-order valence-electron chi connectivity index (χ0n) is 8.13. The van der Waals surface area contributed by atoms with Gasteiger partial charge in [0.2, 0.25) is 5.91 Å². The monoisotopic (exact) mass is 229 g/mol. The third-order valence-electron chi connectivity index (χ3n) is 3.04. The van der Waals surface area contributed by atoms with E-state index in [1.54, 1.807) is 11.3 Å². The molecule has 1 N–H and O–H groups in total. The highest BCUT2D eigenvalue weighted by molar-refractivity contribution is 7.10. The molecule has 2 unspecified atom stereocenters. The second-order valence-corrected chi connectivity index (χ2v) is 5.22. The minimum Gasteiger partial charge on any atom is -0.347 e. The van der Waals surface area contributed by atoms with Gasteiger partial charge in [-0.15, -0.1) is 11.3 Å². The molecule has 0 bridgehead atoms. The molecule has 1 aliphatic rings. The molecular weight excluding hydrogens is 218 g/mol. The van der Waals surface area contributed by atoms with E-state index in [2.05, 4.69) is 5.32 Å². The van der Waals surface area contributed by atoms with Gasteiger partial charge in [-0.05, 0) is 19.4 Å². The summed E-state index contributed by atoms with van der Waals surface area (Å²) in [5.41, 5.74) is -0.242. The van der Waals surface area contributed by atoms with Gasteiger partial charge < -0.3 is 5.32 Å². The lowest BCUT2D eigenvalue weighted by Gasteiger charge is -2.45. The highest BCUT2D eigenvalue weighted by atomic mass is 35.5. The number of nitrogens with one attached hydrogen (secondary N) is 1. The van der Waals surface area contributed by atoms with Crippen LogP contribution in [0.5, 0.6) is 0 Å². The molecule has 1 amide bonds. The number of amides is 1. The molecule has 0 spiro atoms. The summed E-state index contributed by atoms with van der Waals surface area (Å²) < 4.78 is 0. The van der Waals surface area contributed by atoms with Crippen molar-refractivity contribution in [3.63, 3.8) is 0 Å². The molecule has 4 heteroatoms. The van der Waals surface area contributed by atoms with E-state index in [0.29, 0.717) is 0 Å². The van der Waals surface area contributed by atoms with Crippen LogP contribution in [0.3, 0.4) is 0 Å². The standard InChI is InChI=1S/C10H12ClNOS/c1-3-10(2)8(12-9(10)13)7-4-6(11)5-14-7/h4-5,8H,3H2,1-2H3,(H,12,13). The highest BCUT2D eigenvalue weighted by Crippen LogP contribution is 2.46. The van der Waals surface area contributed by atoms with Gasteiger partial charge in [0.15, 0.2) is 0 Å². The summed E-state index contributed by atoms with van der Waals surface area (Å²) in [6.45, 7) is 4.05. The second-order valence-electron chi connectivity index (χ2n) is 3.84. The molecule has 1 aromatic heterocycles. The molecular formula is C10H12ClNOS. The van der Waals surface area contributed by atoms with Crippen molar-refractivity contribution in [2.24, 2.45) is 5.41 Å². The van der Waals surface area contributed by atoms with E-state index in [1.165, 1.54) is 0 Å². The molecule has 1 aromatic rings. The number of hydrogen-bond acceptors (Lipinski definition) is 2. The summed E-state index contributed by atoms with van der Waals surface area (Å²) >= 11 is 7.46. The Bertz CT molecular complexity index is 376. The molecule has 2 heterocycles. The van der Waals surface area contributed by atoms with E-state index in [4.69, 9.17) is 11.6 Å². The van der Waals surface area contributed by atoms with Crippen molar-refractivity contribution in [1.29, 1.82) is 0 Å². The van der Waals surface area contributed by atoms with Gasteiger partial charge in [0.25, 0.3) is 0 Å². The molecule has 1 saturated heterocycles. The summed E-state index contributed by atoms with van der Waals surface area (Å²) in [5.74, 6) is 0.148. The Kier molecular flexibility index (Phi) is 2.32. The number of halogens is 1. The first kappa shape index (κ1) is 9.99. The Morgan fingerprint density at radius 3 is 2.86 bits per heavy atom. The average molecular weight is 230 g/mol. The van der Waals surface area contributed by atoms with Crippen LogP contribution in [-0.4, -0.2) is 5.91 Å². The predicted molar refractivity (Wildman–Crippen MR) is 58.6 cm³/mol. The maximum absolute atomic E-state index is 11.4. The Labute approximate surface area is 92.3 Å². The lowest BCUT2D eigenvalue weighted by Crippen LogP contribution is -2.59. The molecule has 0 radical (unpaired) electrons. The average Bonchev–Trinajstić information content (AvgIpc) is 2.59. The topological polar surface area (TPSA) is 29.1 Å². The Morgan fingerprint density at radius 1 is 1.71 bits per heavy atom. The highest BCUT2D eigenvalue weighted by Gasteiger charge is 2.50. The van der Waals surface area contributed by atoms with Crippen molar-refractivity contribution in [1.82, 2.24) is 5.32 Å². The van der Waals surface area contributed by atoms with Crippen LogP contribution in [0, 0.1) is 5.41 Å². The lowest BCUT2D eigenvalue weighted by molar-refractivity contribution is -0.144. The first-order valence-corrected chi connectivity index (χ1v) is 5.88. The Hall–Kier alpha value is -0.540. The molecule has 2 atom stereocenters. The van der Waals surface area contributed by atoms with Crippen molar-refractivity contribution in [2.75, 3.05) is 0 Å². The van der Waals surface area contributed by atoms with Crippen molar-refractivity contribution in [3.8, 4) is 0 Å². The van der Waals surface area contributed by atoms with Crippen LogP contribution in [0.25, 0.3) is 0 Å². The smallest absolute Gasteiger partial charge is 0.228 e. The fourth-order valence-electron chi connectivity index (χ4n) is 1.74. The molecule has 2 nitrogen and oxygen atoms in total. The van der Waals surface area contributed by atoms with Crippen molar-refractivity contribution in [3.05, 3.63) is 21.3 Å². The number of β-lactam (4-membered cyclic amide) rings is 1. The van der Waals surface area contributed by atoms with Crippen LogP contribution in [0.2, 0.25) is 5.02 Å². The first-order valence-electron chi connectivity index (χ1n) is 4.63. The fraction of sp³-hybridized carbons (Fsp3) is 0.500. The lowest BCUT2D eigenvalue weighted by atomic mass is 9.71. The summed E-state index contributed by atoms with van der Waals surface area (Å²) in [4.78, 5) is 12.6. The molecule has 1 fully saturated rings. The van der Waals surface area contributed by atoms with Gasteiger partial charge in [0, 0.05) is 10.3 Å². The third kappa shape index (κ3) is 1.27. The van der Waals surface area contributed by atoms with Gasteiger partial charge >= 0.3 is 0 Å². The third-order valence-corrected chi connectivity index (χ3v) is 4.38. The fourth-order valence-corrected chi connectivity index (χ4v) is 3.02. The van der Waals surface area contributed by atoms with Gasteiger partial charge in [0.05, 0.1) is 16.5 Å². The van der Waals surface area contributed by atoms with Crippen LogP contribution >= 0.6 is 22.9 Å². The Morgan fingerprint density at radius 2 is 2.43 bits per heavy atom. The van der Waals surface area contributed by atoms with Gasteiger partial charge in [-0.25, -0.2) is 0 Å². The second kappa shape index (κ2) is 3.24. The van der Waals surface area contributed by atoms with Crippen molar-refractivity contribution < 1.29 is 4.79 Å². The molecule has 14 heavy (non-hydrogen) atoms. The maximum atomic E-state index is 11.4. The first-order chi connectivity index (χ1) is 6.58. The zero-order valence-corrected chi connectivity index (χ0v) is 9.71. The van der Waals surface area contributed by atoms with E-state index in [0.717, 1.165) is 16.3 Å². The summed E-state index contributed by atoms with van der Waals surface area (Å²) in [5, 5.41) is 5.58. The molecule has 0 aliphatic carbocycles. The predicted octanol–water partition coefficient (Wildman–Crippen LogP) is 2.99. The van der Waals surface area contributed by atoms with Crippen LogP contribution in [-0.2, 0) is 4.79 Å². The quantitative estimate of drug-likeness (QED) is 0.777. The number of hydrogen-bond donors (Lipinski definition) is 1. The minimum absolute atomic E-state index is 0.148. The molecule has 0 aromatic carbocycles. The van der Waals surface area contributed by atoms with Crippen molar-refractivity contribution >= 4 is 28.8 Å². The van der Waals surface area contributed by atoms with Crippen LogP contribution in [0.4, 0.5) is 0 Å². The van der Waals surface area contributed by atoms with E-state index >= 15 is 0 Å². The van der Waals surface area contributed by atoms with Gasteiger partial charge in [-0.3, -0.25) is 4.79 Å².